The van der Waals surface area contributed by atoms with Crippen molar-refractivity contribution in [2.45, 2.75) is 58.8 Å². The molecule has 0 radical (unpaired) electrons. The van der Waals surface area contributed by atoms with Gasteiger partial charge in [0.1, 0.15) is 0 Å². The van der Waals surface area contributed by atoms with Crippen LogP contribution in [0.5, 0.6) is 0 Å². The third-order valence-electron chi connectivity index (χ3n) is 5.35. The van der Waals surface area contributed by atoms with Crippen LogP contribution >= 0.6 is 0 Å². The van der Waals surface area contributed by atoms with E-state index in [9.17, 15) is 0 Å². The second-order valence-electron chi connectivity index (χ2n) is 7.53. The van der Waals surface area contributed by atoms with Crippen molar-refractivity contribution in [1.82, 2.24) is 19.6 Å². The van der Waals surface area contributed by atoms with Crippen molar-refractivity contribution in [3.05, 3.63) is 52.8 Å². The molecule has 4 heteroatoms. The van der Waals surface area contributed by atoms with Gasteiger partial charge in [0.25, 0.3) is 0 Å². The van der Waals surface area contributed by atoms with Crippen LogP contribution in [0.1, 0.15) is 54.6 Å². The number of likely N-dealkylation sites (tertiary alicyclic amines) is 1. The summed E-state index contributed by atoms with van der Waals surface area (Å²) in [4.78, 5) is 4.87. The Kier molecular flexibility index (Phi) is 5.92. The second kappa shape index (κ2) is 8.15. The quantitative estimate of drug-likeness (QED) is 0.794. The summed E-state index contributed by atoms with van der Waals surface area (Å²) in [7, 11) is 4.24. The second-order valence-corrected chi connectivity index (χ2v) is 7.53. The third-order valence-corrected chi connectivity index (χ3v) is 5.35. The largest absolute Gasteiger partial charge is 0.305 e. The van der Waals surface area contributed by atoms with Crippen LogP contribution in [0.3, 0.4) is 0 Å². The van der Waals surface area contributed by atoms with Crippen LogP contribution in [0.25, 0.3) is 0 Å². The molecule has 1 saturated heterocycles. The first kappa shape index (κ1) is 18.2. The van der Waals surface area contributed by atoms with Crippen molar-refractivity contribution in [1.29, 1.82) is 0 Å². The summed E-state index contributed by atoms with van der Waals surface area (Å²) in [5.41, 5.74) is 5.53. The van der Waals surface area contributed by atoms with E-state index in [1.165, 1.54) is 48.2 Å². The molecular weight excluding hydrogens is 308 g/mol. The molecule has 1 aliphatic heterocycles. The van der Waals surface area contributed by atoms with Gasteiger partial charge in [0, 0.05) is 36.9 Å². The van der Waals surface area contributed by atoms with Gasteiger partial charge in [-0.25, -0.2) is 0 Å². The Morgan fingerprint density at radius 1 is 1.16 bits per heavy atom. The molecule has 0 saturated carbocycles. The molecule has 0 bridgehead atoms. The van der Waals surface area contributed by atoms with Crippen molar-refractivity contribution >= 4 is 0 Å². The highest BCUT2D eigenvalue weighted by molar-refractivity contribution is 5.26. The van der Waals surface area contributed by atoms with Gasteiger partial charge < -0.3 is 4.90 Å². The Labute approximate surface area is 152 Å². The van der Waals surface area contributed by atoms with Gasteiger partial charge in [0.15, 0.2) is 0 Å². The van der Waals surface area contributed by atoms with E-state index in [0.29, 0.717) is 6.04 Å². The van der Waals surface area contributed by atoms with E-state index in [1.807, 2.05) is 0 Å². The topological polar surface area (TPSA) is 24.3 Å². The van der Waals surface area contributed by atoms with Gasteiger partial charge in [-0.05, 0) is 58.5 Å². The molecule has 2 heterocycles. The summed E-state index contributed by atoms with van der Waals surface area (Å²) >= 11 is 0. The van der Waals surface area contributed by atoms with Crippen molar-refractivity contribution in [3.63, 3.8) is 0 Å². The van der Waals surface area contributed by atoms with E-state index in [1.54, 1.807) is 0 Å². The monoisotopic (exact) mass is 340 g/mol. The highest BCUT2D eigenvalue weighted by atomic mass is 15.3. The number of aryl methyl sites for hydroxylation is 1. The molecule has 1 atom stereocenters. The average molecular weight is 341 g/mol. The average Bonchev–Trinajstić information content (AvgIpc) is 2.96. The standard InChI is InChI=1S/C21H32N4/c1-5-25-17(2)20(14-22-25)16-24-13-7-6-8-21(24)19-11-9-18(10-12-19)15-23(3)4/h9-12,14,21H,5-8,13,15-16H2,1-4H3/t21-/m1/s1. The lowest BCUT2D eigenvalue weighted by molar-refractivity contribution is 0.140. The molecule has 136 valence electrons. The molecular formula is C21H32N4. The summed E-state index contributed by atoms with van der Waals surface area (Å²) in [6, 6.07) is 9.80. The first-order valence-corrected chi connectivity index (χ1v) is 9.57. The maximum absolute atomic E-state index is 4.52. The number of aromatic nitrogens is 2. The van der Waals surface area contributed by atoms with Gasteiger partial charge in [0.05, 0.1) is 6.20 Å². The zero-order valence-corrected chi connectivity index (χ0v) is 16.2. The van der Waals surface area contributed by atoms with Crippen LogP contribution in [-0.2, 0) is 19.6 Å². The summed E-state index contributed by atoms with van der Waals surface area (Å²) in [6.07, 6.45) is 5.95. The minimum atomic E-state index is 0.534. The van der Waals surface area contributed by atoms with Crippen LogP contribution in [0.15, 0.2) is 30.5 Å². The van der Waals surface area contributed by atoms with Crippen LogP contribution in [0, 0.1) is 6.92 Å². The van der Waals surface area contributed by atoms with Crippen LogP contribution in [-0.4, -0.2) is 40.2 Å². The lowest BCUT2D eigenvalue weighted by Gasteiger charge is -2.36. The normalized spacial score (nSPS) is 18.8. The Hall–Kier alpha value is -1.65. The predicted molar refractivity (Wildman–Crippen MR) is 103 cm³/mol. The summed E-state index contributed by atoms with van der Waals surface area (Å²) < 4.78 is 2.10. The van der Waals surface area contributed by atoms with Crippen molar-refractivity contribution < 1.29 is 0 Å². The molecule has 3 rings (SSSR count). The summed E-state index contributed by atoms with van der Waals surface area (Å²) in [6.45, 7) is 8.49. The maximum atomic E-state index is 4.52. The molecule has 0 spiro atoms. The number of hydrogen-bond acceptors (Lipinski definition) is 3. The van der Waals surface area contributed by atoms with Crippen molar-refractivity contribution in [2.75, 3.05) is 20.6 Å². The first-order valence-electron chi connectivity index (χ1n) is 9.57. The SMILES string of the molecule is CCn1ncc(CN2CCCC[C@@H]2c2ccc(CN(C)C)cc2)c1C. The number of piperidine rings is 1. The fourth-order valence-corrected chi connectivity index (χ4v) is 3.95. The molecule has 0 amide bonds. The molecule has 2 aromatic rings. The van der Waals surface area contributed by atoms with Gasteiger partial charge in [-0.2, -0.15) is 5.10 Å². The molecule has 1 aromatic carbocycles. The number of hydrogen-bond donors (Lipinski definition) is 0. The van der Waals surface area contributed by atoms with Gasteiger partial charge in [-0.15, -0.1) is 0 Å². The minimum Gasteiger partial charge on any atom is -0.305 e. The van der Waals surface area contributed by atoms with Crippen LogP contribution < -0.4 is 0 Å². The number of benzene rings is 1. The molecule has 0 N–H and O–H groups in total. The summed E-state index contributed by atoms with van der Waals surface area (Å²) in [5.74, 6) is 0. The lowest BCUT2D eigenvalue weighted by Crippen LogP contribution is -2.33. The Morgan fingerprint density at radius 2 is 1.92 bits per heavy atom. The van der Waals surface area contributed by atoms with E-state index in [4.69, 9.17) is 0 Å². The molecule has 1 aliphatic rings. The van der Waals surface area contributed by atoms with E-state index in [2.05, 4.69) is 78.0 Å². The van der Waals surface area contributed by atoms with Gasteiger partial charge in [0.2, 0.25) is 0 Å². The van der Waals surface area contributed by atoms with Crippen LogP contribution in [0.2, 0.25) is 0 Å². The van der Waals surface area contributed by atoms with Crippen molar-refractivity contribution in [2.24, 2.45) is 0 Å². The van der Waals surface area contributed by atoms with E-state index in [-0.39, 0.29) is 0 Å². The first-order chi connectivity index (χ1) is 12.1. The predicted octanol–water partition coefficient (Wildman–Crippen LogP) is 4.00. The van der Waals surface area contributed by atoms with Gasteiger partial charge in [-0.3, -0.25) is 9.58 Å². The van der Waals surface area contributed by atoms with E-state index >= 15 is 0 Å². The lowest BCUT2D eigenvalue weighted by atomic mass is 9.94. The smallest absolute Gasteiger partial charge is 0.0537 e. The molecule has 1 fully saturated rings. The number of rotatable bonds is 6. The number of nitrogens with zero attached hydrogens (tertiary/aromatic N) is 4. The minimum absolute atomic E-state index is 0.534. The van der Waals surface area contributed by atoms with E-state index in [0.717, 1.165) is 19.6 Å². The Balaban J connectivity index is 1.75. The van der Waals surface area contributed by atoms with Gasteiger partial charge >= 0.3 is 0 Å². The third kappa shape index (κ3) is 4.31. The van der Waals surface area contributed by atoms with Gasteiger partial charge in [-0.1, -0.05) is 30.7 Å². The summed E-state index contributed by atoms with van der Waals surface area (Å²) in [5, 5.41) is 4.52. The highest BCUT2D eigenvalue weighted by Crippen LogP contribution is 2.32. The highest BCUT2D eigenvalue weighted by Gasteiger charge is 2.25. The fourth-order valence-electron chi connectivity index (χ4n) is 3.95. The fraction of sp³-hybridized carbons (Fsp3) is 0.571. The Morgan fingerprint density at radius 3 is 2.56 bits per heavy atom. The maximum Gasteiger partial charge on any atom is 0.0537 e. The van der Waals surface area contributed by atoms with E-state index < -0.39 is 0 Å². The zero-order valence-electron chi connectivity index (χ0n) is 16.2. The van der Waals surface area contributed by atoms with Crippen molar-refractivity contribution in [3.8, 4) is 0 Å². The molecule has 4 nitrogen and oxygen atoms in total. The molecule has 1 aromatic heterocycles. The molecule has 25 heavy (non-hydrogen) atoms. The zero-order chi connectivity index (χ0) is 17.8. The molecule has 0 unspecified atom stereocenters. The Bertz CT molecular complexity index is 672. The molecule has 0 aliphatic carbocycles. The van der Waals surface area contributed by atoms with Crippen LogP contribution in [0.4, 0.5) is 0 Å².